The molecular weight excluding hydrogens is 288 g/mol. The summed E-state index contributed by atoms with van der Waals surface area (Å²) >= 11 is 0. The van der Waals surface area contributed by atoms with Crippen LogP contribution in [0.1, 0.15) is 37.8 Å². The molecule has 1 aromatic rings. The average molecular weight is 312 g/mol. The fourth-order valence-corrected chi connectivity index (χ4v) is 3.89. The molecule has 2 heterocycles. The van der Waals surface area contributed by atoms with Crippen molar-refractivity contribution in [3.63, 3.8) is 0 Å². The highest BCUT2D eigenvalue weighted by Gasteiger charge is 2.27. The van der Waals surface area contributed by atoms with Crippen molar-refractivity contribution in [3.05, 3.63) is 24.0 Å². The first-order valence-electron chi connectivity index (χ1n) is 7.45. The minimum Gasteiger partial charge on any atom is -0.310 e. The second-order valence-corrected chi connectivity index (χ2v) is 7.63. The lowest BCUT2D eigenvalue weighted by atomic mass is 9.90. The minimum atomic E-state index is -3.08. The van der Waals surface area contributed by atoms with Crippen molar-refractivity contribution in [1.29, 1.82) is 0 Å². The zero-order valence-corrected chi connectivity index (χ0v) is 13.5. The molecule has 2 unspecified atom stereocenters. The highest BCUT2D eigenvalue weighted by molar-refractivity contribution is 7.88. The molecule has 1 N–H and O–H groups in total. The maximum absolute atomic E-state index is 11.7. The summed E-state index contributed by atoms with van der Waals surface area (Å²) in [5.41, 5.74) is 1.11. The summed E-state index contributed by atoms with van der Waals surface area (Å²) in [4.78, 5) is 0. The van der Waals surface area contributed by atoms with Gasteiger partial charge in [0.2, 0.25) is 10.0 Å². The number of nitrogens with one attached hydrogen (secondary N) is 1. The van der Waals surface area contributed by atoms with Crippen molar-refractivity contribution < 1.29 is 8.42 Å². The molecule has 0 bridgehead atoms. The van der Waals surface area contributed by atoms with Crippen molar-refractivity contribution in [2.24, 2.45) is 5.92 Å². The van der Waals surface area contributed by atoms with E-state index in [0.717, 1.165) is 31.4 Å². The molecule has 21 heavy (non-hydrogen) atoms. The van der Waals surface area contributed by atoms with Crippen molar-refractivity contribution in [2.75, 3.05) is 25.9 Å². The van der Waals surface area contributed by atoms with E-state index in [1.165, 1.54) is 6.26 Å². The van der Waals surface area contributed by atoms with Gasteiger partial charge in [0.05, 0.1) is 12.5 Å². The van der Waals surface area contributed by atoms with Crippen LogP contribution in [0.2, 0.25) is 0 Å². The van der Waals surface area contributed by atoms with E-state index in [9.17, 15) is 8.42 Å². The Morgan fingerprint density at radius 1 is 1.48 bits per heavy atom. The number of nitrogens with zero attached hydrogens (tertiary/aromatic N) is 3. The Bertz CT molecular complexity index is 535. The SMILES string of the molecule is CCNC(CC1CCCN(S(C)(=O)=O)C1)c1ccnnc1. The van der Waals surface area contributed by atoms with Gasteiger partial charge in [-0.3, -0.25) is 0 Å². The van der Waals surface area contributed by atoms with E-state index in [4.69, 9.17) is 0 Å². The summed E-state index contributed by atoms with van der Waals surface area (Å²) in [7, 11) is -3.08. The number of hydrogen-bond donors (Lipinski definition) is 1. The summed E-state index contributed by atoms with van der Waals surface area (Å²) in [6.07, 6.45) is 7.71. The summed E-state index contributed by atoms with van der Waals surface area (Å²) in [5, 5.41) is 11.2. The Balaban J connectivity index is 2.03. The van der Waals surface area contributed by atoms with Gasteiger partial charge >= 0.3 is 0 Å². The van der Waals surface area contributed by atoms with Crippen molar-refractivity contribution >= 4 is 10.0 Å². The Morgan fingerprint density at radius 2 is 2.29 bits per heavy atom. The molecule has 118 valence electrons. The smallest absolute Gasteiger partial charge is 0.211 e. The topological polar surface area (TPSA) is 75.2 Å². The molecular formula is C14H24N4O2S. The van der Waals surface area contributed by atoms with Crippen molar-refractivity contribution in [1.82, 2.24) is 19.8 Å². The number of sulfonamides is 1. The summed E-state index contributed by atoms with van der Waals surface area (Å²) in [6.45, 7) is 4.22. The minimum absolute atomic E-state index is 0.204. The van der Waals surface area contributed by atoms with Crippen molar-refractivity contribution in [3.8, 4) is 0 Å². The largest absolute Gasteiger partial charge is 0.310 e. The molecule has 6 nitrogen and oxygen atoms in total. The highest BCUT2D eigenvalue weighted by Crippen LogP contribution is 2.28. The standard InChI is InChI=1S/C14H24N4O2S/c1-3-15-14(13-6-7-16-17-10-13)9-12-5-4-8-18(11-12)21(2,19)20/h6-7,10,12,14-15H,3-5,8-9,11H2,1-2H3. The van der Waals surface area contributed by atoms with Crippen molar-refractivity contribution in [2.45, 2.75) is 32.2 Å². The average Bonchev–Trinajstić information content (AvgIpc) is 2.47. The molecule has 0 saturated carbocycles. The molecule has 0 spiro atoms. The van der Waals surface area contributed by atoms with Gasteiger partial charge in [0.1, 0.15) is 0 Å². The lowest BCUT2D eigenvalue weighted by Crippen LogP contribution is -2.40. The molecule has 0 amide bonds. The van der Waals surface area contributed by atoms with E-state index in [1.807, 2.05) is 6.07 Å². The zero-order chi connectivity index (χ0) is 15.3. The molecule has 2 rings (SSSR count). The molecule has 0 aromatic carbocycles. The monoisotopic (exact) mass is 312 g/mol. The van der Waals surface area contributed by atoms with Crippen LogP contribution in [0.25, 0.3) is 0 Å². The molecule has 1 aliphatic rings. The van der Waals surface area contributed by atoms with Gasteiger partial charge in [0.15, 0.2) is 0 Å². The third-order valence-electron chi connectivity index (χ3n) is 3.98. The first-order chi connectivity index (χ1) is 10.0. The third-order valence-corrected chi connectivity index (χ3v) is 5.25. The van der Waals surface area contributed by atoms with Crippen LogP contribution >= 0.6 is 0 Å². The lowest BCUT2D eigenvalue weighted by Gasteiger charge is -2.33. The molecule has 7 heteroatoms. The maximum Gasteiger partial charge on any atom is 0.211 e. The van der Waals surface area contributed by atoms with Crippen LogP contribution in [0.4, 0.5) is 0 Å². The van der Waals surface area contributed by atoms with Crippen LogP contribution in [0, 0.1) is 5.92 Å². The predicted molar refractivity (Wildman–Crippen MR) is 82.2 cm³/mol. The van der Waals surface area contributed by atoms with Crippen LogP contribution in [0.3, 0.4) is 0 Å². The fraction of sp³-hybridized carbons (Fsp3) is 0.714. The molecule has 1 aliphatic heterocycles. The van der Waals surface area contributed by atoms with Gasteiger partial charge in [0, 0.05) is 25.3 Å². The Morgan fingerprint density at radius 3 is 2.90 bits per heavy atom. The summed E-state index contributed by atoms with van der Waals surface area (Å²) in [6, 6.07) is 2.17. The maximum atomic E-state index is 11.7. The molecule has 1 aromatic heterocycles. The summed E-state index contributed by atoms with van der Waals surface area (Å²) in [5.74, 6) is 0.380. The van der Waals surface area contributed by atoms with E-state index in [2.05, 4.69) is 22.4 Å². The van der Waals surface area contributed by atoms with Crippen LogP contribution in [-0.4, -0.2) is 48.8 Å². The second-order valence-electron chi connectivity index (χ2n) is 5.65. The quantitative estimate of drug-likeness (QED) is 0.854. The van der Waals surface area contributed by atoms with E-state index in [0.29, 0.717) is 19.0 Å². The Hall–Kier alpha value is -1.05. The lowest BCUT2D eigenvalue weighted by molar-refractivity contribution is 0.238. The highest BCUT2D eigenvalue weighted by atomic mass is 32.2. The first-order valence-corrected chi connectivity index (χ1v) is 9.30. The van der Waals surface area contributed by atoms with Gasteiger partial charge in [-0.1, -0.05) is 6.92 Å². The molecule has 1 saturated heterocycles. The number of hydrogen-bond acceptors (Lipinski definition) is 5. The van der Waals surface area contributed by atoms with Crippen LogP contribution < -0.4 is 5.32 Å². The fourth-order valence-electron chi connectivity index (χ4n) is 2.94. The molecule has 2 atom stereocenters. The predicted octanol–water partition coefficient (Wildman–Crippen LogP) is 1.19. The van der Waals surface area contributed by atoms with Gasteiger partial charge in [-0.2, -0.15) is 10.2 Å². The Labute approximate surface area is 127 Å². The molecule has 0 aliphatic carbocycles. The van der Waals surface area contributed by atoms with Gasteiger partial charge in [-0.05, 0) is 43.4 Å². The van der Waals surface area contributed by atoms with Crippen LogP contribution in [0.5, 0.6) is 0 Å². The molecule has 1 fully saturated rings. The van der Waals surface area contributed by atoms with Gasteiger partial charge in [-0.15, -0.1) is 0 Å². The summed E-state index contributed by atoms with van der Waals surface area (Å²) < 4.78 is 25.0. The number of rotatable bonds is 6. The van der Waals surface area contributed by atoms with E-state index in [-0.39, 0.29) is 6.04 Å². The normalized spacial score (nSPS) is 22.1. The first kappa shape index (κ1) is 16.3. The zero-order valence-electron chi connectivity index (χ0n) is 12.7. The van der Waals surface area contributed by atoms with Crippen LogP contribution in [-0.2, 0) is 10.0 Å². The number of aromatic nitrogens is 2. The third kappa shape index (κ3) is 4.72. The van der Waals surface area contributed by atoms with Gasteiger partial charge in [-0.25, -0.2) is 12.7 Å². The van der Waals surface area contributed by atoms with Crippen LogP contribution in [0.15, 0.2) is 18.5 Å². The second kappa shape index (κ2) is 7.29. The Kier molecular flexibility index (Phi) is 5.66. The number of piperidine rings is 1. The van der Waals surface area contributed by atoms with E-state index < -0.39 is 10.0 Å². The van der Waals surface area contributed by atoms with E-state index in [1.54, 1.807) is 16.7 Å². The van der Waals surface area contributed by atoms with Gasteiger partial charge in [0.25, 0.3) is 0 Å². The molecule has 0 radical (unpaired) electrons. The van der Waals surface area contributed by atoms with E-state index >= 15 is 0 Å². The van der Waals surface area contributed by atoms with Gasteiger partial charge < -0.3 is 5.32 Å².